The van der Waals surface area contributed by atoms with Crippen molar-refractivity contribution in [3.63, 3.8) is 0 Å². The Kier molecular flexibility index (Phi) is 2.68. The van der Waals surface area contributed by atoms with Gasteiger partial charge in [0.15, 0.2) is 5.44 Å². The molecule has 3 nitrogen and oxygen atoms in total. The molecule has 1 heterocycles. The molecule has 1 aromatic heterocycles. The Balaban J connectivity index is 2.75. The fourth-order valence-electron chi connectivity index (χ4n) is 0.589. The van der Waals surface area contributed by atoms with E-state index in [9.17, 15) is 0 Å². The van der Waals surface area contributed by atoms with E-state index in [-0.39, 0.29) is 0 Å². The van der Waals surface area contributed by atoms with E-state index in [2.05, 4.69) is 4.98 Å². The van der Waals surface area contributed by atoms with Crippen molar-refractivity contribution in [2.24, 2.45) is 0 Å². The molecule has 0 radical (unpaired) electrons. The Morgan fingerprint density at radius 2 is 2.00 bits per heavy atom. The molecule has 0 aliphatic carbocycles. The van der Waals surface area contributed by atoms with Crippen LogP contribution < -0.4 is 0 Å². The van der Waals surface area contributed by atoms with Crippen LogP contribution in [0.3, 0.4) is 0 Å². The lowest BCUT2D eigenvalue weighted by Gasteiger charge is -2.03. The highest BCUT2D eigenvalue weighted by Crippen LogP contribution is 2.21. The number of hydrogen-bond acceptors (Lipinski definition) is 4. The van der Waals surface area contributed by atoms with E-state index >= 15 is 0 Å². The molecule has 2 N–H and O–H groups in total. The SMILES string of the molecule is OSC(O)c1ccncc1. The van der Waals surface area contributed by atoms with Crippen molar-refractivity contribution in [2.45, 2.75) is 5.44 Å². The molecule has 0 saturated carbocycles. The monoisotopic (exact) mass is 157 g/mol. The number of aliphatic hydroxyl groups excluding tert-OH is 1. The largest absolute Gasteiger partial charge is 0.376 e. The maximum Gasteiger partial charge on any atom is 0.150 e. The van der Waals surface area contributed by atoms with Gasteiger partial charge in [0.2, 0.25) is 0 Å². The zero-order valence-electron chi connectivity index (χ0n) is 5.14. The molecule has 0 bridgehead atoms. The van der Waals surface area contributed by atoms with Crippen LogP contribution in [0.25, 0.3) is 0 Å². The minimum Gasteiger partial charge on any atom is -0.376 e. The predicted molar refractivity (Wildman–Crippen MR) is 39.4 cm³/mol. The van der Waals surface area contributed by atoms with Crippen LogP contribution in [0, 0.1) is 0 Å². The molecular weight excluding hydrogens is 150 g/mol. The van der Waals surface area contributed by atoms with Gasteiger partial charge in [-0.1, -0.05) is 0 Å². The summed E-state index contributed by atoms with van der Waals surface area (Å²) in [5.41, 5.74) is -0.203. The Morgan fingerprint density at radius 3 is 2.50 bits per heavy atom. The summed E-state index contributed by atoms with van der Waals surface area (Å²) in [6, 6.07) is 3.29. The smallest absolute Gasteiger partial charge is 0.150 e. The Hall–Kier alpha value is -0.580. The summed E-state index contributed by atoms with van der Waals surface area (Å²) in [6.45, 7) is 0. The summed E-state index contributed by atoms with van der Waals surface area (Å²) >= 11 is 0.406. The normalized spacial score (nSPS) is 13.0. The number of pyridine rings is 1. The van der Waals surface area contributed by atoms with E-state index < -0.39 is 5.44 Å². The molecule has 0 aliphatic rings. The first-order valence-electron chi connectivity index (χ1n) is 2.73. The lowest BCUT2D eigenvalue weighted by Crippen LogP contribution is -1.90. The highest BCUT2D eigenvalue weighted by molar-refractivity contribution is 7.93. The van der Waals surface area contributed by atoms with E-state index in [4.69, 9.17) is 9.66 Å². The molecule has 0 amide bonds. The van der Waals surface area contributed by atoms with Crippen LogP contribution in [0.2, 0.25) is 0 Å². The average molecular weight is 157 g/mol. The van der Waals surface area contributed by atoms with Crippen molar-refractivity contribution in [2.75, 3.05) is 0 Å². The summed E-state index contributed by atoms with van der Waals surface area (Å²) in [5, 5.41) is 9.01. The third-order valence-electron chi connectivity index (χ3n) is 1.09. The average Bonchev–Trinajstić information content (AvgIpc) is 2.05. The maximum atomic E-state index is 9.01. The van der Waals surface area contributed by atoms with Crippen LogP contribution in [-0.2, 0) is 0 Å². The molecule has 4 heteroatoms. The number of aliphatic hydroxyl groups is 1. The second-order valence-corrected chi connectivity index (χ2v) is 2.40. The van der Waals surface area contributed by atoms with Crippen LogP contribution in [0.15, 0.2) is 24.5 Å². The molecule has 1 unspecified atom stereocenters. The molecule has 1 rings (SSSR count). The van der Waals surface area contributed by atoms with Crippen molar-refractivity contribution < 1.29 is 9.66 Å². The summed E-state index contributed by atoms with van der Waals surface area (Å²) in [6.07, 6.45) is 3.13. The van der Waals surface area contributed by atoms with Gasteiger partial charge in [-0.05, 0) is 17.7 Å². The molecule has 54 valence electrons. The number of rotatable bonds is 2. The number of hydrogen-bond donors (Lipinski definition) is 2. The lowest BCUT2D eigenvalue weighted by atomic mass is 10.3. The summed E-state index contributed by atoms with van der Waals surface area (Å²) < 4.78 is 8.43. The van der Waals surface area contributed by atoms with Crippen molar-refractivity contribution in [3.05, 3.63) is 30.1 Å². The van der Waals surface area contributed by atoms with Gasteiger partial charge < -0.3 is 9.66 Å². The number of nitrogens with zero attached hydrogens (tertiary/aromatic N) is 1. The summed E-state index contributed by atoms with van der Waals surface area (Å²) in [5.74, 6) is 0. The van der Waals surface area contributed by atoms with Gasteiger partial charge in [0.25, 0.3) is 0 Å². The first-order valence-corrected chi connectivity index (χ1v) is 3.56. The van der Waals surface area contributed by atoms with E-state index in [0.29, 0.717) is 17.6 Å². The van der Waals surface area contributed by atoms with Crippen molar-refractivity contribution in [3.8, 4) is 0 Å². The van der Waals surface area contributed by atoms with E-state index in [0.717, 1.165) is 0 Å². The highest BCUT2D eigenvalue weighted by Gasteiger charge is 2.04. The van der Waals surface area contributed by atoms with Gasteiger partial charge in [0.1, 0.15) is 0 Å². The molecule has 0 aliphatic heterocycles. The summed E-state index contributed by atoms with van der Waals surface area (Å²) in [7, 11) is 0. The topological polar surface area (TPSA) is 53.4 Å². The minimum atomic E-state index is -0.858. The van der Waals surface area contributed by atoms with Crippen LogP contribution in [0.5, 0.6) is 0 Å². The van der Waals surface area contributed by atoms with Gasteiger partial charge in [-0.15, -0.1) is 0 Å². The number of aromatic nitrogens is 1. The Morgan fingerprint density at radius 1 is 1.40 bits per heavy atom. The van der Waals surface area contributed by atoms with Gasteiger partial charge in [-0.25, -0.2) is 0 Å². The van der Waals surface area contributed by atoms with Crippen LogP contribution in [-0.4, -0.2) is 14.6 Å². The second-order valence-electron chi connectivity index (χ2n) is 1.74. The van der Waals surface area contributed by atoms with E-state index in [1.54, 1.807) is 24.5 Å². The zero-order valence-corrected chi connectivity index (χ0v) is 5.95. The molecule has 1 aromatic rings. The van der Waals surface area contributed by atoms with Crippen molar-refractivity contribution in [1.82, 2.24) is 4.98 Å². The quantitative estimate of drug-likeness (QED) is 0.501. The van der Waals surface area contributed by atoms with Gasteiger partial charge in [-0.3, -0.25) is 4.98 Å². The van der Waals surface area contributed by atoms with Crippen LogP contribution in [0.1, 0.15) is 11.0 Å². The second kappa shape index (κ2) is 3.55. The fraction of sp³-hybridized carbons (Fsp3) is 0.167. The van der Waals surface area contributed by atoms with Gasteiger partial charge in [-0.2, -0.15) is 0 Å². The molecule has 1 atom stereocenters. The third kappa shape index (κ3) is 1.70. The molecule has 10 heavy (non-hydrogen) atoms. The third-order valence-corrected chi connectivity index (χ3v) is 1.56. The van der Waals surface area contributed by atoms with Gasteiger partial charge in [0, 0.05) is 24.4 Å². The molecule has 0 aromatic carbocycles. The molecular formula is C6H7NO2S. The minimum absolute atomic E-state index is 0.406. The Bertz CT molecular complexity index is 192. The van der Waals surface area contributed by atoms with Crippen molar-refractivity contribution >= 4 is 12.0 Å². The fourth-order valence-corrected chi connectivity index (χ4v) is 0.868. The first-order chi connectivity index (χ1) is 4.84. The van der Waals surface area contributed by atoms with Gasteiger partial charge in [0.05, 0.1) is 0 Å². The van der Waals surface area contributed by atoms with E-state index in [1.807, 2.05) is 0 Å². The molecule has 0 fully saturated rings. The highest BCUT2D eigenvalue weighted by atomic mass is 32.2. The molecule has 0 saturated heterocycles. The predicted octanol–water partition coefficient (Wildman–Crippen LogP) is 1.28. The van der Waals surface area contributed by atoms with E-state index in [1.165, 1.54) is 0 Å². The standard InChI is InChI=1S/C6H7NO2S/c8-6(10-9)5-1-3-7-4-2-5/h1-4,6,8-9H. The van der Waals surface area contributed by atoms with Crippen LogP contribution in [0.4, 0.5) is 0 Å². The van der Waals surface area contributed by atoms with Crippen molar-refractivity contribution in [1.29, 1.82) is 0 Å². The Labute approximate surface area is 62.9 Å². The first kappa shape index (κ1) is 7.53. The summed E-state index contributed by atoms with van der Waals surface area (Å²) in [4.78, 5) is 3.76. The zero-order chi connectivity index (χ0) is 7.40. The van der Waals surface area contributed by atoms with Gasteiger partial charge >= 0.3 is 0 Å². The van der Waals surface area contributed by atoms with Crippen LogP contribution >= 0.6 is 12.0 Å². The maximum absolute atomic E-state index is 9.01. The lowest BCUT2D eigenvalue weighted by molar-refractivity contribution is 0.262. The molecule has 0 spiro atoms.